The van der Waals surface area contributed by atoms with Crippen LogP contribution in [0.4, 0.5) is 11.4 Å². The van der Waals surface area contributed by atoms with E-state index in [1.807, 2.05) is 11.9 Å². The van der Waals surface area contributed by atoms with E-state index in [1.165, 1.54) is 0 Å². The van der Waals surface area contributed by atoms with Gasteiger partial charge in [0.1, 0.15) is 10.9 Å². The van der Waals surface area contributed by atoms with Crippen LogP contribution in [0.3, 0.4) is 0 Å². The molecule has 1 aliphatic heterocycles. The Labute approximate surface area is 102 Å². The van der Waals surface area contributed by atoms with Crippen molar-refractivity contribution >= 4 is 34.6 Å². The molecule has 17 heavy (non-hydrogen) atoms. The highest BCUT2D eigenvalue weighted by Crippen LogP contribution is 2.44. The monoisotopic (exact) mass is 252 g/mol. The van der Waals surface area contributed by atoms with Gasteiger partial charge in [0.05, 0.1) is 11.4 Å². The molecule has 5 nitrogen and oxygen atoms in total. The van der Waals surface area contributed by atoms with Gasteiger partial charge in [-0.15, -0.1) is 11.3 Å². The van der Waals surface area contributed by atoms with Crippen molar-refractivity contribution in [3.05, 3.63) is 10.3 Å². The van der Waals surface area contributed by atoms with E-state index in [9.17, 15) is 9.59 Å². The summed E-state index contributed by atoms with van der Waals surface area (Å²) in [4.78, 5) is 25.1. The summed E-state index contributed by atoms with van der Waals surface area (Å²) >= 11 is 1.16. The summed E-state index contributed by atoms with van der Waals surface area (Å²) in [5.41, 5.74) is 1.27. The van der Waals surface area contributed by atoms with Crippen LogP contribution in [0.5, 0.6) is 0 Å². The molecule has 1 aromatic heterocycles. The van der Waals surface area contributed by atoms with E-state index in [0.29, 0.717) is 11.6 Å². The highest BCUT2D eigenvalue weighted by molar-refractivity contribution is 7.13. The zero-order valence-electron chi connectivity index (χ0n) is 9.27. The van der Waals surface area contributed by atoms with Crippen LogP contribution >= 0.6 is 11.3 Å². The van der Waals surface area contributed by atoms with Crippen LogP contribution in [0.25, 0.3) is 0 Å². The summed E-state index contributed by atoms with van der Waals surface area (Å²) in [5.74, 6) is -0.653. The zero-order valence-corrected chi connectivity index (χ0v) is 10.1. The molecule has 2 N–H and O–H groups in total. The van der Waals surface area contributed by atoms with Crippen LogP contribution in [-0.4, -0.2) is 30.1 Å². The SMILES string of the molecule is CN1c2csc(C(=O)O)c2NC(=O)C1C1CC1. The molecule has 6 heteroatoms. The van der Waals surface area contributed by atoms with Crippen molar-refractivity contribution in [2.45, 2.75) is 18.9 Å². The second-order valence-corrected chi connectivity index (χ2v) is 5.39. The maximum Gasteiger partial charge on any atom is 0.348 e. The van der Waals surface area contributed by atoms with Gasteiger partial charge >= 0.3 is 5.97 Å². The fourth-order valence-electron chi connectivity index (χ4n) is 2.35. The van der Waals surface area contributed by atoms with Crippen LogP contribution in [0, 0.1) is 5.92 Å². The molecule has 0 aromatic carbocycles. The fourth-order valence-corrected chi connectivity index (χ4v) is 3.24. The number of rotatable bonds is 2. The molecule has 0 radical (unpaired) electrons. The van der Waals surface area contributed by atoms with Crippen molar-refractivity contribution in [2.24, 2.45) is 5.92 Å². The lowest BCUT2D eigenvalue weighted by Gasteiger charge is -2.33. The summed E-state index contributed by atoms with van der Waals surface area (Å²) in [5, 5.41) is 13.6. The van der Waals surface area contributed by atoms with Crippen molar-refractivity contribution < 1.29 is 14.7 Å². The average Bonchev–Trinajstić information content (AvgIpc) is 2.97. The molecule has 0 bridgehead atoms. The molecule has 2 aliphatic rings. The number of hydrogen-bond donors (Lipinski definition) is 2. The number of carbonyl (C=O) groups excluding carboxylic acids is 1. The molecular formula is C11H12N2O3S. The molecule has 1 aliphatic carbocycles. The van der Waals surface area contributed by atoms with Gasteiger partial charge in [0.2, 0.25) is 5.91 Å². The zero-order chi connectivity index (χ0) is 12.2. The van der Waals surface area contributed by atoms with Crippen LogP contribution in [-0.2, 0) is 4.79 Å². The number of likely N-dealkylation sites (N-methyl/N-ethyl adjacent to an activating group) is 1. The summed E-state index contributed by atoms with van der Waals surface area (Å²) < 4.78 is 0. The molecule has 3 rings (SSSR count). The predicted molar refractivity (Wildman–Crippen MR) is 64.8 cm³/mol. The van der Waals surface area contributed by atoms with Gasteiger partial charge in [-0.25, -0.2) is 4.79 Å². The Morgan fingerprint density at radius 2 is 2.29 bits per heavy atom. The van der Waals surface area contributed by atoms with E-state index < -0.39 is 5.97 Å². The number of carboxylic acids is 1. The molecule has 2 heterocycles. The van der Waals surface area contributed by atoms with Gasteiger partial charge in [0.25, 0.3) is 0 Å². The van der Waals surface area contributed by atoms with E-state index in [-0.39, 0.29) is 16.8 Å². The topological polar surface area (TPSA) is 69.6 Å². The van der Waals surface area contributed by atoms with Crippen LogP contribution < -0.4 is 10.2 Å². The summed E-state index contributed by atoms with van der Waals surface area (Å²) in [6.07, 6.45) is 2.15. The van der Waals surface area contributed by atoms with Gasteiger partial charge < -0.3 is 15.3 Å². The second kappa shape index (κ2) is 3.46. The van der Waals surface area contributed by atoms with E-state index in [4.69, 9.17) is 5.11 Å². The Balaban J connectivity index is 2.03. The number of nitrogens with one attached hydrogen (secondary N) is 1. The van der Waals surface area contributed by atoms with E-state index in [2.05, 4.69) is 5.32 Å². The number of carbonyl (C=O) groups is 2. The number of hydrogen-bond acceptors (Lipinski definition) is 4. The smallest absolute Gasteiger partial charge is 0.348 e. The fraction of sp³-hybridized carbons (Fsp3) is 0.455. The number of fused-ring (bicyclic) bond motifs is 1. The van der Waals surface area contributed by atoms with Crippen molar-refractivity contribution in [1.29, 1.82) is 0 Å². The third kappa shape index (κ3) is 1.51. The first-order valence-corrected chi connectivity index (χ1v) is 6.36. The Hall–Kier alpha value is -1.56. The van der Waals surface area contributed by atoms with Crippen LogP contribution in [0.15, 0.2) is 5.38 Å². The molecule has 1 aromatic rings. The van der Waals surface area contributed by atoms with Crippen LogP contribution in [0.1, 0.15) is 22.5 Å². The Kier molecular flexibility index (Phi) is 2.16. The minimum absolute atomic E-state index is 0.0802. The molecule has 1 unspecified atom stereocenters. The number of anilines is 2. The van der Waals surface area contributed by atoms with Crippen LogP contribution in [0.2, 0.25) is 0 Å². The van der Waals surface area contributed by atoms with Gasteiger partial charge in [-0.1, -0.05) is 0 Å². The third-order valence-electron chi connectivity index (χ3n) is 3.35. The second-order valence-electron chi connectivity index (χ2n) is 4.51. The van der Waals surface area contributed by atoms with Crippen molar-refractivity contribution in [3.63, 3.8) is 0 Å². The van der Waals surface area contributed by atoms with Gasteiger partial charge in [0.15, 0.2) is 0 Å². The lowest BCUT2D eigenvalue weighted by molar-refractivity contribution is -0.118. The largest absolute Gasteiger partial charge is 0.477 e. The van der Waals surface area contributed by atoms with Gasteiger partial charge in [-0.3, -0.25) is 4.79 Å². The Morgan fingerprint density at radius 3 is 2.88 bits per heavy atom. The number of aromatic carboxylic acids is 1. The summed E-state index contributed by atoms with van der Waals surface area (Å²) in [6.45, 7) is 0. The van der Waals surface area contributed by atoms with Gasteiger partial charge in [0, 0.05) is 12.4 Å². The standard InChI is InChI=1S/C11H12N2O3S/c1-13-6-4-17-9(11(15)16)7(6)12-10(14)8(13)5-2-3-5/h4-5,8H,2-3H2,1H3,(H,12,14)(H,15,16). The number of nitrogens with zero attached hydrogens (tertiary/aromatic N) is 1. The van der Waals surface area contributed by atoms with Crippen molar-refractivity contribution in [3.8, 4) is 0 Å². The normalized spacial score (nSPS) is 23.2. The van der Waals surface area contributed by atoms with E-state index in [1.54, 1.807) is 5.38 Å². The lowest BCUT2D eigenvalue weighted by atomic mass is 10.1. The minimum Gasteiger partial charge on any atom is -0.477 e. The number of carboxylic acid groups (broad SMARTS) is 1. The first-order chi connectivity index (χ1) is 8.09. The quantitative estimate of drug-likeness (QED) is 0.839. The predicted octanol–water partition coefficient (Wildman–Crippen LogP) is 1.61. The van der Waals surface area contributed by atoms with Gasteiger partial charge in [-0.2, -0.15) is 0 Å². The van der Waals surface area contributed by atoms with Crippen molar-refractivity contribution in [1.82, 2.24) is 0 Å². The first kappa shape index (κ1) is 10.6. The molecule has 1 saturated carbocycles. The molecule has 1 fully saturated rings. The Bertz CT molecular complexity index is 507. The molecule has 0 saturated heterocycles. The molecule has 0 spiro atoms. The molecule has 1 atom stereocenters. The number of amides is 1. The maximum absolute atomic E-state index is 12.0. The highest BCUT2D eigenvalue weighted by Gasteiger charge is 2.43. The molecular weight excluding hydrogens is 240 g/mol. The molecule has 1 amide bonds. The number of thiophene rings is 1. The summed E-state index contributed by atoms with van der Waals surface area (Å²) in [7, 11) is 1.86. The maximum atomic E-state index is 12.0. The van der Waals surface area contributed by atoms with E-state index in [0.717, 1.165) is 29.9 Å². The van der Waals surface area contributed by atoms with E-state index >= 15 is 0 Å². The first-order valence-electron chi connectivity index (χ1n) is 5.48. The third-order valence-corrected chi connectivity index (χ3v) is 4.30. The molecule has 90 valence electrons. The van der Waals surface area contributed by atoms with Gasteiger partial charge in [-0.05, 0) is 18.8 Å². The summed E-state index contributed by atoms with van der Waals surface area (Å²) in [6, 6.07) is -0.140. The highest BCUT2D eigenvalue weighted by atomic mass is 32.1. The Morgan fingerprint density at radius 1 is 1.59 bits per heavy atom. The van der Waals surface area contributed by atoms with Crippen molar-refractivity contribution in [2.75, 3.05) is 17.3 Å². The lowest BCUT2D eigenvalue weighted by Crippen LogP contribution is -2.47. The minimum atomic E-state index is -0.991. The average molecular weight is 252 g/mol.